The molecule has 2 fully saturated rings. The third-order valence-electron chi connectivity index (χ3n) is 9.35. The van der Waals surface area contributed by atoms with Crippen molar-refractivity contribution in [1.29, 1.82) is 0 Å². The highest BCUT2D eigenvalue weighted by molar-refractivity contribution is 7.90. The predicted octanol–water partition coefficient (Wildman–Crippen LogP) is 7.91. The second kappa shape index (κ2) is 15.7. The first-order valence-electron chi connectivity index (χ1n) is 16.6. The summed E-state index contributed by atoms with van der Waals surface area (Å²) in [5.41, 5.74) is 4.21. The molecule has 2 amide bonds. The number of ether oxygens (including phenoxy) is 2. The second-order valence-corrected chi connectivity index (χ2v) is 15.6. The number of nitrogens with one attached hydrogen (secondary N) is 1. The Morgan fingerprint density at radius 2 is 1.69 bits per heavy atom. The lowest BCUT2D eigenvalue weighted by atomic mass is 9.73. The lowest BCUT2D eigenvalue weighted by Gasteiger charge is -2.44. The Hall–Kier alpha value is -3.66. The minimum Gasteiger partial charge on any atom is -0.445 e. The highest BCUT2D eigenvalue weighted by atomic mass is 35.5. The standard InChI is InChI=1S/C38H45ClN2O6S/c1-25(2)33-21-34(29-16-18-32(39)19-17-29)35(26(3)4)47-36(33)30-12-14-31(15-13-30)37(42)40-48(44,45)24-28-11-8-20-41(22-28)38(43)46-23-27-9-6-5-7-10-27/h5-7,9-10,12-19,26,28,33-36H,1,8,11,20-24H2,2-4H3,(H,40,42)/t28-,33+,34+,35-,36+/m0/s1. The summed E-state index contributed by atoms with van der Waals surface area (Å²) in [6.07, 6.45) is 1.38. The number of nitrogens with zero attached hydrogens (tertiary/aromatic N) is 1. The van der Waals surface area contributed by atoms with Crippen LogP contribution in [0.15, 0.2) is 91.0 Å². The molecule has 3 aromatic carbocycles. The number of benzene rings is 3. The second-order valence-electron chi connectivity index (χ2n) is 13.4. The van der Waals surface area contributed by atoms with E-state index in [2.05, 4.69) is 37.3 Å². The van der Waals surface area contributed by atoms with Crippen molar-refractivity contribution < 1.29 is 27.5 Å². The molecule has 48 heavy (non-hydrogen) atoms. The van der Waals surface area contributed by atoms with Crippen molar-refractivity contribution in [3.05, 3.63) is 118 Å². The van der Waals surface area contributed by atoms with Crippen molar-refractivity contribution in [2.45, 2.75) is 64.8 Å². The van der Waals surface area contributed by atoms with Gasteiger partial charge in [-0.15, -0.1) is 0 Å². The highest BCUT2D eigenvalue weighted by Crippen LogP contribution is 2.48. The molecule has 0 aliphatic carbocycles. The first-order chi connectivity index (χ1) is 22.9. The predicted molar refractivity (Wildman–Crippen MR) is 188 cm³/mol. The monoisotopic (exact) mass is 692 g/mol. The maximum atomic E-state index is 13.1. The summed E-state index contributed by atoms with van der Waals surface area (Å²) < 4.78 is 40.6. The molecule has 8 nitrogen and oxygen atoms in total. The van der Waals surface area contributed by atoms with E-state index < -0.39 is 22.0 Å². The van der Waals surface area contributed by atoms with Gasteiger partial charge in [0.05, 0.1) is 18.0 Å². The maximum Gasteiger partial charge on any atom is 0.410 e. The zero-order valence-corrected chi connectivity index (χ0v) is 29.4. The molecule has 0 saturated carbocycles. The molecule has 0 radical (unpaired) electrons. The number of hydrogen-bond donors (Lipinski definition) is 1. The van der Waals surface area contributed by atoms with Gasteiger partial charge >= 0.3 is 6.09 Å². The van der Waals surface area contributed by atoms with E-state index in [1.54, 1.807) is 17.0 Å². The van der Waals surface area contributed by atoms with Gasteiger partial charge in [0.2, 0.25) is 10.0 Å². The molecule has 0 aromatic heterocycles. The van der Waals surface area contributed by atoms with Crippen LogP contribution in [0.1, 0.15) is 79.1 Å². The smallest absolute Gasteiger partial charge is 0.410 e. The Kier molecular flexibility index (Phi) is 11.7. The maximum absolute atomic E-state index is 13.1. The zero-order valence-electron chi connectivity index (χ0n) is 27.8. The van der Waals surface area contributed by atoms with E-state index in [1.165, 1.54) is 5.56 Å². The number of hydrogen-bond acceptors (Lipinski definition) is 6. The van der Waals surface area contributed by atoms with Crippen molar-refractivity contribution in [2.75, 3.05) is 18.8 Å². The SMILES string of the molecule is C=C(C)[C@H]1C[C@H](c2ccc(Cl)cc2)[C@H](C(C)C)O[C@@H]1c1ccc(C(=O)NS(=O)(=O)C[C@H]2CCCN(C(=O)OCc3ccccc3)C2)cc1. The molecule has 0 spiro atoms. The van der Waals surface area contributed by atoms with E-state index in [-0.39, 0.29) is 60.3 Å². The Labute approximate surface area is 289 Å². The van der Waals surface area contributed by atoms with E-state index in [0.29, 0.717) is 24.4 Å². The van der Waals surface area contributed by atoms with Crippen LogP contribution in [0.5, 0.6) is 0 Å². The van der Waals surface area contributed by atoms with Crippen LogP contribution in [0.25, 0.3) is 0 Å². The number of amides is 2. The molecule has 5 rings (SSSR count). The number of halogens is 1. The molecule has 2 aliphatic rings. The lowest BCUT2D eigenvalue weighted by Crippen LogP contribution is -2.44. The van der Waals surface area contributed by atoms with Crippen molar-refractivity contribution in [3.63, 3.8) is 0 Å². The van der Waals surface area contributed by atoms with E-state index in [1.807, 2.05) is 61.5 Å². The largest absolute Gasteiger partial charge is 0.445 e. The van der Waals surface area contributed by atoms with Gasteiger partial charge in [0.15, 0.2) is 0 Å². The Morgan fingerprint density at radius 3 is 2.33 bits per heavy atom. The van der Waals surface area contributed by atoms with Gasteiger partial charge in [0, 0.05) is 35.5 Å². The van der Waals surface area contributed by atoms with Gasteiger partial charge in [0.1, 0.15) is 6.61 Å². The summed E-state index contributed by atoms with van der Waals surface area (Å²) in [5, 5.41) is 0.695. The third kappa shape index (κ3) is 9.07. The zero-order chi connectivity index (χ0) is 34.4. The van der Waals surface area contributed by atoms with Gasteiger partial charge in [-0.2, -0.15) is 0 Å². The summed E-state index contributed by atoms with van der Waals surface area (Å²) in [6.45, 7) is 11.5. The summed E-state index contributed by atoms with van der Waals surface area (Å²) >= 11 is 6.16. The minimum atomic E-state index is -3.96. The Morgan fingerprint density at radius 1 is 1.02 bits per heavy atom. The third-order valence-corrected chi connectivity index (χ3v) is 11.0. The molecule has 256 valence electrons. The molecule has 2 heterocycles. The number of piperidine rings is 1. The fourth-order valence-corrected chi connectivity index (χ4v) is 8.37. The van der Waals surface area contributed by atoms with Gasteiger partial charge < -0.3 is 14.4 Å². The molecular weight excluding hydrogens is 648 g/mol. The number of rotatable bonds is 10. The average molecular weight is 693 g/mol. The summed E-state index contributed by atoms with van der Waals surface area (Å²) in [5.74, 6) is -0.797. The molecule has 1 N–H and O–H groups in total. The van der Waals surface area contributed by atoms with Crippen LogP contribution in [0.3, 0.4) is 0 Å². The fourth-order valence-electron chi connectivity index (χ4n) is 6.87. The molecule has 0 unspecified atom stereocenters. The number of likely N-dealkylation sites (tertiary alicyclic amines) is 1. The number of sulfonamides is 1. The highest BCUT2D eigenvalue weighted by Gasteiger charge is 2.41. The van der Waals surface area contributed by atoms with Crippen LogP contribution >= 0.6 is 11.6 Å². The van der Waals surface area contributed by atoms with Crippen LogP contribution in [0.4, 0.5) is 4.79 Å². The van der Waals surface area contributed by atoms with Crippen LogP contribution in [-0.2, 0) is 26.1 Å². The lowest BCUT2D eigenvalue weighted by molar-refractivity contribution is -0.108. The molecule has 2 saturated heterocycles. The topological polar surface area (TPSA) is 102 Å². The van der Waals surface area contributed by atoms with Crippen LogP contribution in [0.2, 0.25) is 5.02 Å². The van der Waals surface area contributed by atoms with E-state index in [0.717, 1.165) is 23.1 Å². The van der Waals surface area contributed by atoms with Gasteiger partial charge in [0.25, 0.3) is 5.91 Å². The molecule has 2 aliphatic heterocycles. The van der Waals surface area contributed by atoms with E-state index in [4.69, 9.17) is 21.1 Å². The van der Waals surface area contributed by atoms with E-state index >= 15 is 0 Å². The number of carbonyl (C=O) groups excluding carboxylic acids is 2. The first-order valence-corrected chi connectivity index (χ1v) is 18.6. The molecule has 10 heteroatoms. The first kappa shape index (κ1) is 35.6. The van der Waals surface area contributed by atoms with Crippen molar-refractivity contribution in [3.8, 4) is 0 Å². The van der Waals surface area contributed by atoms with Crippen molar-refractivity contribution in [1.82, 2.24) is 9.62 Å². The van der Waals surface area contributed by atoms with Crippen LogP contribution in [0, 0.1) is 17.8 Å². The van der Waals surface area contributed by atoms with Gasteiger partial charge in [-0.1, -0.05) is 92.2 Å². The van der Waals surface area contributed by atoms with Crippen LogP contribution in [-0.4, -0.2) is 50.3 Å². The van der Waals surface area contributed by atoms with Crippen LogP contribution < -0.4 is 4.72 Å². The van der Waals surface area contributed by atoms with Crippen molar-refractivity contribution >= 4 is 33.6 Å². The quantitative estimate of drug-likeness (QED) is 0.217. The van der Waals surface area contributed by atoms with Crippen molar-refractivity contribution in [2.24, 2.45) is 17.8 Å². The number of carbonyl (C=O) groups is 2. The molecular formula is C38H45ClN2O6S. The normalized spacial score (nSPS) is 23.0. The summed E-state index contributed by atoms with van der Waals surface area (Å²) in [7, 11) is -3.96. The summed E-state index contributed by atoms with van der Waals surface area (Å²) in [4.78, 5) is 27.3. The fraction of sp³-hybridized carbons (Fsp3) is 0.421. The molecule has 0 bridgehead atoms. The van der Waals surface area contributed by atoms with E-state index in [9.17, 15) is 18.0 Å². The molecule has 5 atom stereocenters. The average Bonchev–Trinajstić information content (AvgIpc) is 3.07. The van der Waals surface area contributed by atoms with Gasteiger partial charge in [-0.05, 0) is 79.0 Å². The summed E-state index contributed by atoms with van der Waals surface area (Å²) in [6, 6.07) is 24.3. The van der Waals surface area contributed by atoms with Gasteiger partial charge in [-0.25, -0.2) is 17.9 Å². The molecule has 3 aromatic rings. The Balaban J connectivity index is 1.20. The van der Waals surface area contributed by atoms with Gasteiger partial charge in [-0.3, -0.25) is 4.79 Å². The Bertz CT molecular complexity index is 1680. The minimum absolute atomic E-state index is 0.0404.